The molecule has 1 aliphatic rings. The maximum atomic E-state index is 11.9. The molecule has 1 fully saturated rings. The maximum absolute atomic E-state index is 11.9. The van der Waals surface area contributed by atoms with E-state index in [1.807, 2.05) is 6.92 Å². The highest BCUT2D eigenvalue weighted by atomic mass is 16.1. The Kier molecular flexibility index (Phi) is 3.58. The average molecular weight is 234 g/mol. The van der Waals surface area contributed by atoms with Crippen molar-refractivity contribution < 1.29 is 4.79 Å². The van der Waals surface area contributed by atoms with Gasteiger partial charge in [0.25, 0.3) is 5.91 Å². The van der Waals surface area contributed by atoms with Crippen molar-refractivity contribution in [2.75, 3.05) is 12.0 Å². The molecule has 4 N–H and O–H groups in total. The number of nitrogen functional groups attached to an aromatic ring is 1. The summed E-state index contributed by atoms with van der Waals surface area (Å²) in [6, 6.07) is 1.76. The number of amides is 1. The lowest BCUT2D eigenvalue weighted by atomic mass is 9.85. The number of hydrogen-bond donors (Lipinski definition) is 3. The van der Waals surface area contributed by atoms with Crippen LogP contribution < -0.4 is 16.6 Å². The minimum atomic E-state index is -0.114. The van der Waals surface area contributed by atoms with Crippen LogP contribution in [0, 0.1) is 12.8 Å². The van der Waals surface area contributed by atoms with Crippen molar-refractivity contribution in [1.82, 2.24) is 10.3 Å². The fourth-order valence-corrected chi connectivity index (χ4v) is 1.89. The molecule has 1 amide bonds. The largest absolute Gasteiger partial charge is 0.352 e. The second-order valence-electron chi connectivity index (χ2n) is 4.52. The van der Waals surface area contributed by atoms with E-state index < -0.39 is 0 Å². The van der Waals surface area contributed by atoms with Gasteiger partial charge in [0.2, 0.25) is 0 Å². The third-order valence-electron chi connectivity index (χ3n) is 3.22. The first kappa shape index (κ1) is 11.9. The molecular formula is C12H18N4O. The fraction of sp³-hybridized carbons (Fsp3) is 0.500. The minimum Gasteiger partial charge on any atom is -0.352 e. The molecule has 92 valence electrons. The number of carbonyl (C=O) groups is 1. The number of nitrogens with one attached hydrogen (secondary N) is 2. The molecule has 1 aliphatic carbocycles. The summed E-state index contributed by atoms with van der Waals surface area (Å²) in [5.41, 5.74) is 4.47. The average Bonchev–Trinajstić information content (AvgIpc) is 2.26. The summed E-state index contributed by atoms with van der Waals surface area (Å²) >= 11 is 0. The zero-order valence-electron chi connectivity index (χ0n) is 9.99. The van der Waals surface area contributed by atoms with Gasteiger partial charge < -0.3 is 10.7 Å². The Hall–Kier alpha value is -1.62. The number of rotatable bonds is 4. The van der Waals surface area contributed by atoms with Gasteiger partial charge in [-0.25, -0.2) is 0 Å². The number of hydrazine groups is 1. The number of pyridine rings is 1. The molecule has 2 rings (SSSR count). The van der Waals surface area contributed by atoms with E-state index in [0.717, 1.165) is 12.2 Å². The Morgan fingerprint density at radius 1 is 1.59 bits per heavy atom. The summed E-state index contributed by atoms with van der Waals surface area (Å²) in [5, 5.41) is 2.92. The van der Waals surface area contributed by atoms with Crippen molar-refractivity contribution in [1.29, 1.82) is 0 Å². The summed E-state index contributed by atoms with van der Waals surface area (Å²) < 4.78 is 0. The Morgan fingerprint density at radius 3 is 2.94 bits per heavy atom. The van der Waals surface area contributed by atoms with E-state index in [4.69, 9.17) is 5.84 Å². The van der Waals surface area contributed by atoms with E-state index in [2.05, 4.69) is 15.7 Å². The number of nitrogens with two attached hydrogens (primary N) is 1. The summed E-state index contributed by atoms with van der Waals surface area (Å²) in [6.07, 6.45) is 5.27. The zero-order chi connectivity index (χ0) is 12.3. The molecule has 0 saturated heterocycles. The summed E-state index contributed by atoms with van der Waals surface area (Å²) in [6.45, 7) is 2.60. The zero-order valence-corrected chi connectivity index (χ0v) is 9.99. The van der Waals surface area contributed by atoms with Crippen molar-refractivity contribution >= 4 is 11.6 Å². The Morgan fingerprint density at radius 2 is 2.35 bits per heavy atom. The molecule has 0 aromatic carbocycles. The summed E-state index contributed by atoms with van der Waals surface area (Å²) in [7, 11) is 0. The highest BCUT2D eigenvalue weighted by Gasteiger charge is 2.19. The molecular weight excluding hydrogens is 216 g/mol. The van der Waals surface area contributed by atoms with Crippen molar-refractivity contribution in [2.45, 2.75) is 26.2 Å². The van der Waals surface area contributed by atoms with Crippen LogP contribution in [0.1, 0.15) is 35.3 Å². The molecule has 1 saturated carbocycles. The molecule has 5 nitrogen and oxygen atoms in total. The fourth-order valence-electron chi connectivity index (χ4n) is 1.89. The molecule has 0 atom stereocenters. The van der Waals surface area contributed by atoms with Crippen LogP contribution in [0.25, 0.3) is 0 Å². The summed E-state index contributed by atoms with van der Waals surface area (Å²) in [5.74, 6) is 5.92. The molecule has 5 heteroatoms. The Balaban J connectivity index is 2.01. The smallest absolute Gasteiger partial charge is 0.255 e. The predicted molar refractivity (Wildman–Crippen MR) is 66.5 cm³/mol. The monoisotopic (exact) mass is 234 g/mol. The minimum absolute atomic E-state index is 0.114. The molecule has 17 heavy (non-hydrogen) atoms. The first-order chi connectivity index (χ1) is 8.20. The van der Waals surface area contributed by atoms with Crippen molar-refractivity contribution in [3.8, 4) is 0 Å². The first-order valence-electron chi connectivity index (χ1n) is 5.92. The standard InChI is InChI=1S/C12H18N4O/c1-8-5-11(16-13)10(7-14-8)12(17)15-6-9-3-2-4-9/h5,7,9H,2-4,6,13H2,1H3,(H,14,16)(H,15,17). The number of hydrogen-bond acceptors (Lipinski definition) is 4. The van der Waals surface area contributed by atoms with Gasteiger partial charge in [-0.05, 0) is 31.7 Å². The van der Waals surface area contributed by atoms with Gasteiger partial charge in [-0.3, -0.25) is 15.6 Å². The van der Waals surface area contributed by atoms with E-state index in [1.54, 1.807) is 12.3 Å². The molecule has 0 spiro atoms. The normalized spacial score (nSPS) is 15.2. The van der Waals surface area contributed by atoms with Crippen LogP contribution in [-0.2, 0) is 0 Å². The van der Waals surface area contributed by atoms with E-state index in [-0.39, 0.29) is 5.91 Å². The van der Waals surface area contributed by atoms with Gasteiger partial charge >= 0.3 is 0 Å². The quantitative estimate of drug-likeness (QED) is 0.540. The third-order valence-corrected chi connectivity index (χ3v) is 3.22. The molecule has 0 radical (unpaired) electrons. The van der Waals surface area contributed by atoms with Gasteiger partial charge in [-0.1, -0.05) is 6.42 Å². The van der Waals surface area contributed by atoms with Crippen LogP contribution in [0.15, 0.2) is 12.3 Å². The lowest BCUT2D eigenvalue weighted by Gasteiger charge is -2.25. The van der Waals surface area contributed by atoms with Gasteiger partial charge in [0.05, 0.1) is 11.3 Å². The van der Waals surface area contributed by atoms with Crippen molar-refractivity contribution in [3.05, 3.63) is 23.5 Å². The van der Waals surface area contributed by atoms with Gasteiger partial charge in [-0.2, -0.15) is 0 Å². The van der Waals surface area contributed by atoms with Crippen LogP contribution in [0.5, 0.6) is 0 Å². The SMILES string of the molecule is Cc1cc(NN)c(C(=O)NCC2CCC2)cn1. The molecule has 1 aromatic rings. The number of anilines is 1. The summed E-state index contributed by atoms with van der Waals surface area (Å²) in [4.78, 5) is 16.0. The number of nitrogens with zero attached hydrogens (tertiary/aromatic N) is 1. The van der Waals surface area contributed by atoms with Gasteiger partial charge in [0, 0.05) is 18.4 Å². The highest BCUT2D eigenvalue weighted by molar-refractivity contribution is 5.99. The Bertz CT molecular complexity index is 415. The van der Waals surface area contributed by atoms with E-state index in [0.29, 0.717) is 17.2 Å². The maximum Gasteiger partial charge on any atom is 0.255 e. The van der Waals surface area contributed by atoms with Crippen LogP contribution in [0.2, 0.25) is 0 Å². The topological polar surface area (TPSA) is 80.0 Å². The number of aromatic nitrogens is 1. The Labute approximate surface area is 101 Å². The van der Waals surface area contributed by atoms with Crippen LogP contribution in [0.3, 0.4) is 0 Å². The van der Waals surface area contributed by atoms with Gasteiger partial charge in [-0.15, -0.1) is 0 Å². The van der Waals surface area contributed by atoms with Crippen LogP contribution >= 0.6 is 0 Å². The van der Waals surface area contributed by atoms with E-state index >= 15 is 0 Å². The van der Waals surface area contributed by atoms with E-state index in [9.17, 15) is 4.79 Å². The number of aryl methyl sites for hydroxylation is 1. The molecule has 1 aromatic heterocycles. The second kappa shape index (κ2) is 5.14. The van der Waals surface area contributed by atoms with E-state index in [1.165, 1.54) is 19.3 Å². The first-order valence-corrected chi connectivity index (χ1v) is 5.92. The lowest BCUT2D eigenvalue weighted by molar-refractivity contribution is 0.0939. The van der Waals surface area contributed by atoms with Crippen molar-refractivity contribution in [3.63, 3.8) is 0 Å². The van der Waals surface area contributed by atoms with Crippen LogP contribution in [0.4, 0.5) is 5.69 Å². The lowest BCUT2D eigenvalue weighted by Crippen LogP contribution is -2.32. The van der Waals surface area contributed by atoms with Crippen LogP contribution in [-0.4, -0.2) is 17.4 Å². The highest BCUT2D eigenvalue weighted by Crippen LogP contribution is 2.25. The number of carbonyl (C=O) groups excluding carboxylic acids is 1. The molecule has 0 unspecified atom stereocenters. The van der Waals surface area contributed by atoms with Crippen molar-refractivity contribution in [2.24, 2.45) is 11.8 Å². The molecule has 1 heterocycles. The predicted octanol–water partition coefficient (Wildman–Crippen LogP) is 1.21. The molecule has 0 aliphatic heterocycles. The second-order valence-corrected chi connectivity index (χ2v) is 4.52. The van der Waals surface area contributed by atoms with Gasteiger partial charge in [0.1, 0.15) is 0 Å². The van der Waals surface area contributed by atoms with Gasteiger partial charge in [0.15, 0.2) is 0 Å². The third kappa shape index (κ3) is 2.74. The molecule has 0 bridgehead atoms.